The average Bonchev–Trinajstić information content (AvgIpc) is 2.23. The molecule has 16 heavy (non-hydrogen) atoms. The van der Waals surface area contributed by atoms with E-state index in [1.54, 1.807) is 0 Å². The standard InChI is InChI=1S/C8H16O8/c9-2-4(11)7(15)8(16)6(14)3(10)1-5(12)13/h3-4,6-11,14-16H,1-2H2,(H,12,13)/t3?,4-,6-,7-,8-/m1/s1. The van der Waals surface area contributed by atoms with Crippen molar-refractivity contribution in [2.75, 3.05) is 6.61 Å². The second kappa shape index (κ2) is 6.74. The zero-order valence-electron chi connectivity index (χ0n) is 8.34. The van der Waals surface area contributed by atoms with Crippen molar-refractivity contribution in [1.82, 2.24) is 0 Å². The van der Waals surface area contributed by atoms with Gasteiger partial charge in [-0.05, 0) is 0 Å². The van der Waals surface area contributed by atoms with Gasteiger partial charge in [0.15, 0.2) is 0 Å². The van der Waals surface area contributed by atoms with Crippen molar-refractivity contribution in [3.8, 4) is 0 Å². The molecule has 0 saturated carbocycles. The Morgan fingerprint density at radius 3 is 1.69 bits per heavy atom. The maximum atomic E-state index is 10.2. The Morgan fingerprint density at radius 1 is 0.875 bits per heavy atom. The monoisotopic (exact) mass is 240 g/mol. The lowest BCUT2D eigenvalue weighted by Gasteiger charge is -2.27. The Hall–Kier alpha value is -0.770. The van der Waals surface area contributed by atoms with E-state index in [0.29, 0.717) is 0 Å². The summed E-state index contributed by atoms with van der Waals surface area (Å²) in [7, 11) is 0. The molecule has 0 aromatic heterocycles. The second-order valence-electron chi connectivity index (χ2n) is 3.39. The van der Waals surface area contributed by atoms with Gasteiger partial charge in [-0.3, -0.25) is 4.79 Å². The Balaban J connectivity index is 4.35. The first-order chi connectivity index (χ1) is 7.31. The van der Waals surface area contributed by atoms with E-state index < -0.39 is 49.5 Å². The van der Waals surface area contributed by atoms with Crippen LogP contribution in [0.25, 0.3) is 0 Å². The number of carboxylic acid groups (broad SMARTS) is 1. The normalized spacial score (nSPS) is 20.9. The Kier molecular flexibility index (Phi) is 6.41. The van der Waals surface area contributed by atoms with Crippen molar-refractivity contribution in [2.45, 2.75) is 36.9 Å². The molecule has 1 unspecified atom stereocenters. The Morgan fingerprint density at radius 2 is 1.31 bits per heavy atom. The lowest BCUT2D eigenvalue weighted by molar-refractivity contribution is -0.153. The topological polar surface area (TPSA) is 159 Å². The highest BCUT2D eigenvalue weighted by Crippen LogP contribution is 2.10. The highest BCUT2D eigenvalue weighted by atomic mass is 16.4. The van der Waals surface area contributed by atoms with Crippen LogP contribution >= 0.6 is 0 Å². The lowest BCUT2D eigenvalue weighted by Crippen LogP contribution is -2.50. The number of hydrogen-bond donors (Lipinski definition) is 7. The van der Waals surface area contributed by atoms with E-state index in [1.165, 1.54) is 0 Å². The van der Waals surface area contributed by atoms with E-state index in [1.807, 2.05) is 0 Å². The third-order valence-electron chi connectivity index (χ3n) is 2.06. The number of rotatable bonds is 7. The zero-order valence-corrected chi connectivity index (χ0v) is 8.34. The molecular formula is C8H16O8. The first-order valence-electron chi connectivity index (χ1n) is 4.54. The molecule has 0 spiro atoms. The van der Waals surface area contributed by atoms with Crippen LogP contribution in [0.3, 0.4) is 0 Å². The molecule has 0 aliphatic heterocycles. The van der Waals surface area contributed by atoms with Crippen LogP contribution in [-0.4, -0.2) is 78.8 Å². The largest absolute Gasteiger partial charge is 0.481 e. The quantitative estimate of drug-likeness (QED) is 0.239. The summed E-state index contributed by atoms with van der Waals surface area (Å²) >= 11 is 0. The summed E-state index contributed by atoms with van der Waals surface area (Å²) in [6.45, 7) is -0.847. The maximum absolute atomic E-state index is 10.2. The summed E-state index contributed by atoms with van der Waals surface area (Å²) in [5.74, 6) is -1.39. The van der Waals surface area contributed by atoms with Gasteiger partial charge < -0.3 is 35.7 Å². The summed E-state index contributed by atoms with van der Waals surface area (Å²) in [6.07, 6.45) is -10.1. The van der Waals surface area contributed by atoms with E-state index in [4.69, 9.17) is 25.5 Å². The molecule has 0 aliphatic carbocycles. The summed E-state index contributed by atoms with van der Waals surface area (Å²) < 4.78 is 0. The molecule has 8 heteroatoms. The van der Waals surface area contributed by atoms with E-state index in [0.717, 1.165) is 0 Å². The van der Waals surface area contributed by atoms with Crippen LogP contribution in [0.2, 0.25) is 0 Å². The molecule has 0 rings (SSSR count). The molecule has 96 valence electrons. The summed E-state index contributed by atoms with van der Waals surface area (Å²) in [6, 6.07) is 0. The second-order valence-corrected chi connectivity index (χ2v) is 3.39. The number of hydrogen-bond acceptors (Lipinski definition) is 7. The van der Waals surface area contributed by atoms with Crippen molar-refractivity contribution >= 4 is 5.97 Å². The number of aliphatic carboxylic acids is 1. The van der Waals surface area contributed by atoms with Crippen molar-refractivity contribution in [1.29, 1.82) is 0 Å². The summed E-state index contributed by atoms with van der Waals surface area (Å²) in [5.41, 5.74) is 0. The minimum Gasteiger partial charge on any atom is -0.481 e. The fourth-order valence-corrected chi connectivity index (χ4v) is 1.06. The highest BCUT2D eigenvalue weighted by Gasteiger charge is 2.34. The van der Waals surface area contributed by atoms with Gasteiger partial charge in [0.2, 0.25) is 0 Å². The predicted molar refractivity (Wildman–Crippen MR) is 49.4 cm³/mol. The number of aliphatic hydroxyl groups excluding tert-OH is 6. The van der Waals surface area contributed by atoms with Crippen LogP contribution in [0.15, 0.2) is 0 Å². The van der Waals surface area contributed by atoms with Crippen LogP contribution in [0.5, 0.6) is 0 Å². The van der Waals surface area contributed by atoms with Gasteiger partial charge >= 0.3 is 5.97 Å². The van der Waals surface area contributed by atoms with Crippen LogP contribution in [0.1, 0.15) is 6.42 Å². The zero-order chi connectivity index (χ0) is 12.9. The van der Waals surface area contributed by atoms with Gasteiger partial charge in [-0.25, -0.2) is 0 Å². The molecule has 0 saturated heterocycles. The third-order valence-corrected chi connectivity index (χ3v) is 2.06. The Labute approximate surface area is 91.0 Å². The fourth-order valence-electron chi connectivity index (χ4n) is 1.06. The van der Waals surface area contributed by atoms with Gasteiger partial charge in [0.25, 0.3) is 0 Å². The van der Waals surface area contributed by atoms with Crippen LogP contribution < -0.4 is 0 Å². The molecule has 0 radical (unpaired) electrons. The van der Waals surface area contributed by atoms with Gasteiger partial charge in [0, 0.05) is 0 Å². The maximum Gasteiger partial charge on any atom is 0.306 e. The fraction of sp³-hybridized carbons (Fsp3) is 0.875. The summed E-state index contributed by atoms with van der Waals surface area (Å²) in [4.78, 5) is 10.2. The molecule has 0 aliphatic rings. The van der Waals surface area contributed by atoms with Gasteiger partial charge in [-0.15, -0.1) is 0 Å². The number of aliphatic hydroxyl groups is 6. The molecular weight excluding hydrogens is 224 g/mol. The van der Waals surface area contributed by atoms with Crippen molar-refractivity contribution in [3.63, 3.8) is 0 Å². The SMILES string of the molecule is O=C(O)CC(O)[C@@H](O)[C@@H](O)[C@H](O)[C@H](O)CO. The minimum absolute atomic E-state index is 0.819. The first-order valence-corrected chi connectivity index (χ1v) is 4.54. The smallest absolute Gasteiger partial charge is 0.306 e. The van der Waals surface area contributed by atoms with Gasteiger partial charge in [0.1, 0.15) is 24.4 Å². The van der Waals surface area contributed by atoms with Gasteiger partial charge in [0.05, 0.1) is 19.1 Å². The van der Waals surface area contributed by atoms with E-state index in [2.05, 4.69) is 0 Å². The van der Waals surface area contributed by atoms with E-state index in [9.17, 15) is 15.0 Å². The number of carboxylic acids is 1. The minimum atomic E-state index is -1.96. The molecule has 0 fully saturated rings. The molecule has 0 heterocycles. The molecule has 0 amide bonds. The highest BCUT2D eigenvalue weighted by molar-refractivity contribution is 5.67. The molecule has 0 bridgehead atoms. The Bertz CT molecular complexity index is 220. The molecule has 0 aromatic carbocycles. The third kappa shape index (κ3) is 4.39. The van der Waals surface area contributed by atoms with Crippen LogP contribution in [0, 0.1) is 0 Å². The molecule has 5 atom stereocenters. The lowest BCUT2D eigenvalue weighted by atomic mass is 9.98. The number of carbonyl (C=O) groups is 1. The predicted octanol–water partition coefficient (Wildman–Crippen LogP) is -3.74. The van der Waals surface area contributed by atoms with E-state index in [-0.39, 0.29) is 0 Å². The molecule has 8 nitrogen and oxygen atoms in total. The van der Waals surface area contributed by atoms with Crippen LogP contribution in [-0.2, 0) is 4.79 Å². The van der Waals surface area contributed by atoms with Crippen LogP contribution in [0.4, 0.5) is 0 Å². The van der Waals surface area contributed by atoms with Gasteiger partial charge in [-0.1, -0.05) is 0 Å². The van der Waals surface area contributed by atoms with Crippen molar-refractivity contribution < 1.29 is 40.5 Å². The van der Waals surface area contributed by atoms with E-state index >= 15 is 0 Å². The van der Waals surface area contributed by atoms with Crippen molar-refractivity contribution in [2.24, 2.45) is 0 Å². The molecule has 7 N–H and O–H groups in total. The average molecular weight is 240 g/mol. The van der Waals surface area contributed by atoms with Gasteiger partial charge in [-0.2, -0.15) is 0 Å². The summed E-state index contributed by atoms with van der Waals surface area (Å²) in [5, 5.41) is 62.5. The first kappa shape index (κ1) is 15.2. The molecule has 0 aromatic rings. The van der Waals surface area contributed by atoms with Crippen molar-refractivity contribution in [3.05, 3.63) is 0 Å².